The Bertz CT molecular complexity index is 1010. The van der Waals surface area contributed by atoms with Gasteiger partial charge in [-0.1, -0.05) is 35.3 Å². The van der Waals surface area contributed by atoms with Gasteiger partial charge in [0.15, 0.2) is 5.69 Å². The Hall–Kier alpha value is -2.98. The number of alkyl halides is 3. The molecule has 3 aromatic rings. The second-order valence-corrected chi connectivity index (χ2v) is 6.74. The quantitative estimate of drug-likeness (QED) is 0.549. The molecule has 3 rings (SSSR count). The molecular formula is C19H14F3N2O4S-. The molecule has 1 unspecified atom stereocenters. The van der Waals surface area contributed by atoms with Gasteiger partial charge in [0.1, 0.15) is 11.5 Å². The van der Waals surface area contributed by atoms with Crippen molar-refractivity contribution in [1.29, 1.82) is 0 Å². The van der Waals surface area contributed by atoms with Crippen molar-refractivity contribution in [2.24, 2.45) is 0 Å². The van der Waals surface area contributed by atoms with Crippen molar-refractivity contribution < 1.29 is 31.4 Å². The lowest BCUT2D eigenvalue weighted by atomic mass is 10.1. The van der Waals surface area contributed by atoms with E-state index in [1.165, 1.54) is 43.5 Å². The Kier molecular flexibility index (Phi) is 6.14. The Balaban J connectivity index is 1.96. The van der Waals surface area contributed by atoms with E-state index in [1.807, 2.05) is 0 Å². The fourth-order valence-corrected chi connectivity index (χ4v) is 2.89. The molecule has 0 saturated heterocycles. The van der Waals surface area contributed by atoms with Gasteiger partial charge in [-0.3, -0.25) is 4.21 Å². The van der Waals surface area contributed by atoms with Crippen LogP contribution in [0.5, 0.6) is 17.5 Å². The summed E-state index contributed by atoms with van der Waals surface area (Å²) in [5.74, 6) is 0.607. The van der Waals surface area contributed by atoms with Gasteiger partial charge >= 0.3 is 12.2 Å². The number of halogens is 3. The van der Waals surface area contributed by atoms with Crippen LogP contribution in [0.4, 0.5) is 13.2 Å². The highest BCUT2D eigenvalue weighted by Gasteiger charge is 2.34. The van der Waals surface area contributed by atoms with Gasteiger partial charge in [0.25, 0.3) is 0 Å². The maximum atomic E-state index is 13.3. The molecule has 2 aromatic carbocycles. The summed E-state index contributed by atoms with van der Waals surface area (Å²) >= 11 is -2.27. The van der Waals surface area contributed by atoms with Gasteiger partial charge in [0, 0.05) is 11.3 Å². The van der Waals surface area contributed by atoms with Gasteiger partial charge in [-0.2, -0.15) is 23.1 Å². The Labute approximate surface area is 166 Å². The van der Waals surface area contributed by atoms with Crippen LogP contribution in [0.3, 0.4) is 0 Å². The summed E-state index contributed by atoms with van der Waals surface area (Å²) in [7, 11) is 1.48. The molecule has 0 bridgehead atoms. The molecule has 0 radical (unpaired) electrons. The third kappa shape index (κ3) is 5.52. The molecule has 0 amide bonds. The minimum atomic E-state index is -4.70. The van der Waals surface area contributed by atoms with E-state index in [4.69, 9.17) is 9.47 Å². The largest absolute Gasteiger partial charge is 0.772 e. The number of aromatic nitrogens is 2. The number of rotatable bonds is 6. The zero-order valence-electron chi connectivity index (χ0n) is 15.0. The van der Waals surface area contributed by atoms with E-state index in [1.54, 1.807) is 12.1 Å². The van der Waals surface area contributed by atoms with Crippen LogP contribution in [0.2, 0.25) is 0 Å². The highest BCUT2D eigenvalue weighted by molar-refractivity contribution is 7.78. The molecule has 0 saturated carbocycles. The van der Waals surface area contributed by atoms with E-state index in [2.05, 4.69) is 9.97 Å². The van der Waals surface area contributed by atoms with Crippen molar-refractivity contribution in [3.63, 3.8) is 0 Å². The van der Waals surface area contributed by atoms with Gasteiger partial charge in [-0.15, -0.1) is 0 Å². The number of ether oxygens (including phenoxy) is 2. The number of hydrogen-bond acceptors (Lipinski definition) is 6. The van der Waals surface area contributed by atoms with Crippen molar-refractivity contribution >= 4 is 11.1 Å². The molecule has 152 valence electrons. The van der Waals surface area contributed by atoms with Crippen molar-refractivity contribution in [3.05, 3.63) is 65.9 Å². The molecule has 0 aliphatic rings. The van der Waals surface area contributed by atoms with E-state index in [0.29, 0.717) is 16.9 Å². The van der Waals surface area contributed by atoms with E-state index >= 15 is 0 Å². The van der Waals surface area contributed by atoms with Crippen LogP contribution in [0.1, 0.15) is 11.3 Å². The SMILES string of the molecule is COc1ccc(Oc2nc(-c3ccc(CS(=O)[O-])cc3)cc(C(F)(F)F)n2)cc1. The van der Waals surface area contributed by atoms with Crippen LogP contribution >= 0.6 is 0 Å². The number of hydrogen-bond donors (Lipinski definition) is 0. The monoisotopic (exact) mass is 423 g/mol. The van der Waals surface area contributed by atoms with Gasteiger partial charge in [0.05, 0.1) is 12.8 Å². The second-order valence-electron chi connectivity index (χ2n) is 5.84. The molecule has 0 aliphatic carbocycles. The minimum absolute atomic E-state index is 0.00867. The van der Waals surface area contributed by atoms with Gasteiger partial charge in [-0.05, 0) is 35.9 Å². The lowest BCUT2D eigenvalue weighted by Crippen LogP contribution is -2.10. The first-order valence-electron chi connectivity index (χ1n) is 8.18. The molecule has 0 N–H and O–H groups in total. The van der Waals surface area contributed by atoms with Crippen LogP contribution < -0.4 is 9.47 Å². The number of nitrogens with zero attached hydrogens (tertiary/aromatic N) is 2. The summed E-state index contributed by atoms with van der Waals surface area (Å²) in [6.07, 6.45) is -4.70. The first kappa shape index (κ1) is 20.7. The summed E-state index contributed by atoms with van der Waals surface area (Å²) in [4.78, 5) is 7.51. The van der Waals surface area contributed by atoms with Crippen LogP contribution in [0.25, 0.3) is 11.3 Å². The van der Waals surface area contributed by atoms with Gasteiger partial charge in [-0.25, -0.2) is 0 Å². The summed E-state index contributed by atoms with van der Waals surface area (Å²) in [5.41, 5.74) is -0.304. The zero-order valence-corrected chi connectivity index (χ0v) is 15.8. The highest BCUT2D eigenvalue weighted by Crippen LogP contribution is 2.33. The molecule has 6 nitrogen and oxygen atoms in total. The first-order valence-corrected chi connectivity index (χ1v) is 9.42. The van der Waals surface area contributed by atoms with Crippen molar-refractivity contribution in [3.8, 4) is 28.8 Å². The van der Waals surface area contributed by atoms with Crippen molar-refractivity contribution in [1.82, 2.24) is 9.97 Å². The standard InChI is InChI=1S/C19H15F3N2O4S/c1-27-14-6-8-15(9-7-14)28-18-23-16(10-17(24-18)19(20,21)22)13-4-2-12(3-5-13)11-29(25)26/h2-10H,11H2,1H3,(H,25,26)/p-1. The molecule has 29 heavy (non-hydrogen) atoms. The predicted molar refractivity (Wildman–Crippen MR) is 98.2 cm³/mol. The lowest BCUT2D eigenvalue weighted by molar-refractivity contribution is -0.141. The highest BCUT2D eigenvalue weighted by atomic mass is 32.2. The lowest BCUT2D eigenvalue weighted by Gasteiger charge is -2.12. The van der Waals surface area contributed by atoms with Gasteiger partial charge in [0.2, 0.25) is 0 Å². The van der Waals surface area contributed by atoms with E-state index in [-0.39, 0.29) is 17.2 Å². The minimum Gasteiger partial charge on any atom is -0.772 e. The Morgan fingerprint density at radius 3 is 2.17 bits per heavy atom. The van der Waals surface area contributed by atoms with Crippen molar-refractivity contribution in [2.75, 3.05) is 7.11 Å². The Morgan fingerprint density at radius 1 is 1.00 bits per heavy atom. The smallest absolute Gasteiger partial charge is 0.433 e. The molecule has 1 aromatic heterocycles. The molecule has 0 aliphatic heterocycles. The fraction of sp³-hybridized carbons (Fsp3) is 0.158. The number of methoxy groups -OCH3 is 1. The zero-order chi connectivity index (χ0) is 21.0. The van der Waals surface area contributed by atoms with E-state index in [9.17, 15) is 21.9 Å². The normalized spacial score (nSPS) is 12.4. The van der Waals surface area contributed by atoms with Gasteiger partial charge < -0.3 is 14.0 Å². The fourth-order valence-electron chi connectivity index (χ4n) is 2.42. The molecule has 10 heteroatoms. The number of benzene rings is 2. The first-order chi connectivity index (χ1) is 13.7. The summed E-state index contributed by atoms with van der Waals surface area (Å²) in [5, 5.41) is 0. The molecule has 1 atom stereocenters. The molecule has 0 fully saturated rings. The second kappa shape index (κ2) is 8.58. The van der Waals surface area contributed by atoms with Crippen LogP contribution in [0, 0.1) is 0 Å². The maximum absolute atomic E-state index is 13.3. The summed E-state index contributed by atoms with van der Waals surface area (Å²) in [6.45, 7) is 0. The predicted octanol–water partition coefficient (Wildman–Crippen LogP) is 4.34. The topological polar surface area (TPSA) is 84.4 Å². The third-order valence-electron chi connectivity index (χ3n) is 3.80. The Morgan fingerprint density at radius 2 is 1.62 bits per heavy atom. The van der Waals surface area contributed by atoms with Crippen LogP contribution in [-0.4, -0.2) is 25.8 Å². The molecule has 1 heterocycles. The maximum Gasteiger partial charge on any atom is 0.433 e. The van der Waals surface area contributed by atoms with Crippen molar-refractivity contribution in [2.45, 2.75) is 11.9 Å². The summed E-state index contributed by atoms with van der Waals surface area (Å²) in [6, 6.07) is 12.5. The van der Waals surface area contributed by atoms with E-state index in [0.717, 1.165) is 6.07 Å². The average Bonchev–Trinajstić information content (AvgIpc) is 2.68. The van der Waals surface area contributed by atoms with Crippen LogP contribution in [-0.2, 0) is 23.0 Å². The third-order valence-corrected chi connectivity index (χ3v) is 4.37. The molecular weight excluding hydrogens is 409 g/mol. The summed E-state index contributed by atoms with van der Waals surface area (Å²) < 4.78 is 71.8. The average molecular weight is 423 g/mol. The molecule has 0 spiro atoms. The van der Waals surface area contributed by atoms with E-state index < -0.39 is 29.0 Å². The van der Waals surface area contributed by atoms with Crippen LogP contribution in [0.15, 0.2) is 54.6 Å².